The van der Waals surface area contributed by atoms with E-state index in [-0.39, 0.29) is 17.4 Å². The summed E-state index contributed by atoms with van der Waals surface area (Å²) >= 11 is 0. The molecule has 120 valence electrons. The molecular formula is C18H21N3O2. The van der Waals surface area contributed by atoms with Crippen molar-refractivity contribution in [1.82, 2.24) is 14.7 Å². The fourth-order valence-corrected chi connectivity index (χ4v) is 3.06. The lowest BCUT2D eigenvalue weighted by atomic mass is 9.98. The van der Waals surface area contributed by atoms with Gasteiger partial charge in [-0.05, 0) is 39.0 Å². The molecule has 2 aromatic rings. The molecule has 1 amide bonds. The zero-order valence-corrected chi connectivity index (χ0v) is 13.7. The minimum absolute atomic E-state index is 0.0672. The van der Waals surface area contributed by atoms with Crippen LogP contribution in [0.1, 0.15) is 27.2 Å². The molecule has 1 aromatic heterocycles. The van der Waals surface area contributed by atoms with Crippen LogP contribution in [-0.4, -0.2) is 33.7 Å². The Morgan fingerprint density at radius 2 is 1.78 bits per heavy atom. The highest BCUT2D eigenvalue weighted by molar-refractivity contribution is 5.95. The number of hydrogen-bond donors (Lipinski definition) is 0. The third-order valence-corrected chi connectivity index (χ3v) is 4.14. The van der Waals surface area contributed by atoms with Gasteiger partial charge in [0.05, 0.1) is 12.2 Å². The summed E-state index contributed by atoms with van der Waals surface area (Å²) in [5.74, 6) is 0.356. The van der Waals surface area contributed by atoms with Crippen LogP contribution in [0.2, 0.25) is 0 Å². The van der Waals surface area contributed by atoms with E-state index in [2.05, 4.69) is 11.2 Å². The van der Waals surface area contributed by atoms with Crippen LogP contribution in [0, 0.1) is 26.7 Å². The Morgan fingerprint density at radius 3 is 2.43 bits per heavy atom. The van der Waals surface area contributed by atoms with E-state index in [1.165, 1.54) is 4.68 Å². The molecule has 0 atom stereocenters. The Labute approximate surface area is 135 Å². The topological polar surface area (TPSA) is 55.2 Å². The molecule has 2 heterocycles. The highest BCUT2D eigenvalue weighted by Crippen LogP contribution is 2.21. The third-order valence-electron chi connectivity index (χ3n) is 4.14. The van der Waals surface area contributed by atoms with Gasteiger partial charge < -0.3 is 4.90 Å². The van der Waals surface area contributed by atoms with Gasteiger partial charge in [-0.3, -0.25) is 9.59 Å². The first-order valence-corrected chi connectivity index (χ1v) is 7.85. The molecule has 0 radical (unpaired) electrons. The molecule has 0 unspecified atom stereocenters. The van der Waals surface area contributed by atoms with Gasteiger partial charge >= 0.3 is 0 Å². The fraction of sp³-hybridized carbons (Fsp3) is 0.389. The van der Waals surface area contributed by atoms with Crippen LogP contribution in [0.5, 0.6) is 0 Å². The van der Waals surface area contributed by atoms with E-state index in [0.717, 1.165) is 22.4 Å². The van der Waals surface area contributed by atoms with E-state index >= 15 is 0 Å². The lowest BCUT2D eigenvalue weighted by molar-refractivity contribution is 0.0458. The lowest BCUT2D eigenvalue weighted by Crippen LogP contribution is -2.52. The van der Waals surface area contributed by atoms with Crippen LogP contribution < -0.4 is 5.56 Å². The summed E-state index contributed by atoms with van der Waals surface area (Å²) in [5.41, 5.74) is 3.68. The van der Waals surface area contributed by atoms with Crippen molar-refractivity contribution in [3.05, 3.63) is 63.1 Å². The Morgan fingerprint density at radius 1 is 1.13 bits per heavy atom. The number of likely N-dealkylation sites (tertiary alicyclic amines) is 1. The number of nitrogens with zero attached hydrogens (tertiary/aromatic N) is 3. The average Bonchev–Trinajstić information content (AvgIpc) is 2.44. The van der Waals surface area contributed by atoms with Crippen molar-refractivity contribution >= 4 is 5.91 Å². The molecule has 23 heavy (non-hydrogen) atoms. The number of aryl methyl sites for hydroxylation is 3. The molecule has 5 nitrogen and oxygen atoms in total. The Hall–Kier alpha value is -2.43. The van der Waals surface area contributed by atoms with E-state index in [1.807, 2.05) is 37.8 Å². The SMILES string of the molecule is Cc1cc(C)cc(C(=O)N2CC(Cn3nc(C)ccc3=O)C2)c1. The maximum atomic E-state index is 12.5. The van der Waals surface area contributed by atoms with Crippen LogP contribution in [0.3, 0.4) is 0 Å². The second kappa shape index (κ2) is 5.99. The fourth-order valence-electron chi connectivity index (χ4n) is 3.06. The predicted octanol–water partition coefficient (Wildman–Crippen LogP) is 1.94. The summed E-state index contributed by atoms with van der Waals surface area (Å²) in [6.07, 6.45) is 0. The van der Waals surface area contributed by atoms with Gasteiger partial charge in [-0.15, -0.1) is 0 Å². The van der Waals surface area contributed by atoms with Crippen molar-refractivity contribution in [3.8, 4) is 0 Å². The molecule has 1 aliphatic heterocycles. The molecule has 3 rings (SSSR count). The number of aromatic nitrogens is 2. The average molecular weight is 311 g/mol. The molecule has 0 aliphatic carbocycles. The zero-order valence-electron chi connectivity index (χ0n) is 13.7. The monoisotopic (exact) mass is 311 g/mol. The van der Waals surface area contributed by atoms with E-state index in [9.17, 15) is 9.59 Å². The third kappa shape index (κ3) is 3.33. The van der Waals surface area contributed by atoms with E-state index in [0.29, 0.717) is 19.6 Å². The van der Waals surface area contributed by atoms with Crippen LogP contribution in [0.25, 0.3) is 0 Å². The molecule has 5 heteroatoms. The Kier molecular flexibility index (Phi) is 4.03. The number of rotatable bonds is 3. The number of amides is 1. The van der Waals surface area contributed by atoms with Crippen molar-refractivity contribution in [2.75, 3.05) is 13.1 Å². The van der Waals surface area contributed by atoms with Gasteiger partial charge in [-0.1, -0.05) is 17.2 Å². The maximum absolute atomic E-state index is 12.5. The second-order valence-electron chi connectivity index (χ2n) is 6.45. The van der Waals surface area contributed by atoms with E-state index in [1.54, 1.807) is 12.1 Å². The van der Waals surface area contributed by atoms with Crippen molar-refractivity contribution < 1.29 is 4.79 Å². The number of carbonyl (C=O) groups excluding carboxylic acids is 1. The van der Waals surface area contributed by atoms with Gasteiger partial charge in [0, 0.05) is 30.6 Å². The predicted molar refractivity (Wildman–Crippen MR) is 88.5 cm³/mol. The Bertz CT molecular complexity index is 784. The molecular weight excluding hydrogens is 290 g/mol. The highest BCUT2D eigenvalue weighted by Gasteiger charge is 2.31. The molecule has 1 fully saturated rings. The Balaban J connectivity index is 1.63. The van der Waals surface area contributed by atoms with Crippen molar-refractivity contribution in [3.63, 3.8) is 0 Å². The summed E-state index contributed by atoms with van der Waals surface area (Å²) in [6, 6.07) is 9.17. The molecule has 0 spiro atoms. The van der Waals surface area contributed by atoms with Crippen molar-refractivity contribution in [1.29, 1.82) is 0 Å². The summed E-state index contributed by atoms with van der Waals surface area (Å²) in [6.45, 7) is 7.78. The minimum Gasteiger partial charge on any atom is -0.338 e. The molecule has 1 aliphatic rings. The van der Waals surface area contributed by atoms with Crippen molar-refractivity contribution in [2.24, 2.45) is 5.92 Å². The lowest BCUT2D eigenvalue weighted by Gasteiger charge is -2.39. The molecule has 1 saturated heterocycles. The normalized spacial score (nSPS) is 14.7. The minimum atomic E-state index is -0.0883. The molecule has 0 saturated carbocycles. The van der Waals surface area contributed by atoms with Gasteiger partial charge in [0.1, 0.15) is 0 Å². The van der Waals surface area contributed by atoms with Crippen LogP contribution >= 0.6 is 0 Å². The van der Waals surface area contributed by atoms with Gasteiger partial charge in [0.2, 0.25) is 0 Å². The summed E-state index contributed by atoms with van der Waals surface area (Å²) in [4.78, 5) is 26.1. The van der Waals surface area contributed by atoms with Crippen LogP contribution in [-0.2, 0) is 6.54 Å². The number of hydrogen-bond acceptors (Lipinski definition) is 3. The largest absolute Gasteiger partial charge is 0.338 e. The smallest absolute Gasteiger partial charge is 0.266 e. The van der Waals surface area contributed by atoms with Gasteiger partial charge in [-0.2, -0.15) is 5.10 Å². The standard InChI is InChI=1S/C18H21N3O2/c1-12-6-13(2)8-16(7-12)18(23)20-9-15(10-20)11-21-17(22)5-4-14(3)19-21/h4-8,15H,9-11H2,1-3H3. The number of carbonyl (C=O) groups is 1. The summed E-state index contributed by atoms with van der Waals surface area (Å²) < 4.78 is 1.50. The maximum Gasteiger partial charge on any atom is 0.266 e. The van der Waals surface area contributed by atoms with Gasteiger partial charge in [0.25, 0.3) is 11.5 Å². The van der Waals surface area contributed by atoms with Crippen LogP contribution in [0.15, 0.2) is 35.1 Å². The van der Waals surface area contributed by atoms with E-state index in [4.69, 9.17) is 0 Å². The first-order valence-electron chi connectivity index (χ1n) is 7.85. The summed E-state index contributed by atoms with van der Waals surface area (Å²) in [7, 11) is 0. The molecule has 0 bridgehead atoms. The van der Waals surface area contributed by atoms with Crippen molar-refractivity contribution in [2.45, 2.75) is 27.3 Å². The first-order chi connectivity index (χ1) is 10.9. The quantitative estimate of drug-likeness (QED) is 0.870. The second-order valence-corrected chi connectivity index (χ2v) is 6.45. The zero-order chi connectivity index (χ0) is 16.6. The summed E-state index contributed by atoms with van der Waals surface area (Å²) in [5, 5.41) is 4.25. The molecule has 1 aromatic carbocycles. The number of benzene rings is 1. The highest BCUT2D eigenvalue weighted by atomic mass is 16.2. The van der Waals surface area contributed by atoms with E-state index < -0.39 is 0 Å². The molecule has 0 N–H and O–H groups in total. The first kappa shape index (κ1) is 15.5. The van der Waals surface area contributed by atoms with Gasteiger partial charge in [-0.25, -0.2) is 4.68 Å². The van der Waals surface area contributed by atoms with Gasteiger partial charge in [0.15, 0.2) is 0 Å². The van der Waals surface area contributed by atoms with Crippen LogP contribution in [0.4, 0.5) is 0 Å².